The molecule has 0 spiro atoms. The average Bonchev–Trinajstić information content (AvgIpc) is 2.48. The highest BCUT2D eigenvalue weighted by Gasteiger charge is 2.08. The Kier molecular flexibility index (Phi) is 2.51. The molecule has 1 aromatic heterocycles. The van der Waals surface area contributed by atoms with Gasteiger partial charge >= 0.3 is 0 Å². The Labute approximate surface area is 97.6 Å². The molecule has 0 nitrogen and oxygen atoms in total. The molecular formula is C8H3Cl2IS. The summed E-state index contributed by atoms with van der Waals surface area (Å²) in [7, 11) is 0. The van der Waals surface area contributed by atoms with Gasteiger partial charge in [-0.15, -0.1) is 11.3 Å². The molecule has 12 heavy (non-hydrogen) atoms. The molecule has 0 fully saturated rings. The minimum atomic E-state index is 0.778. The van der Waals surface area contributed by atoms with E-state index < -0.39 is 0 Å². The molecular weight excluding hydrogens is 326 g/mol. The summed E-state index contributed by atoms with van der Waals surface area (Å²) in [4.78, 5) is 0. The van der Waals surface area contributed by atoms with Crippen LogP contribution < -0.4 is 0 Å². The summed E-state index contributed by atoms with van der Waals surface area (Å²) in [5.41, 5.74) is 0. The molecule has 0 radical (unpaired) electrons. The molecule has 0 amide bonds. The highest BCUT2D eigenvalue weighted by Crippen LogP contribution is 2.36. The van der Waals surface area contributed by atoms with Crippen LogP contribution in [0.1, 0.15) is 0 Å². The van der Waals surface area contributed by atoms with Gasteiger partial charge in [-0.3, -0.25) is 0 Å². The zero-order valence-corrected chi connectivity index (χ0v) is 10.3. The van der Waals surface area contributed by atoms with Crippen LogP contribution in [0.15, 0.2) is 17.5 Å². The van der Waals surface area contributed by atoms with E-state index in [0.29, 0.717) is 0 Å². The van der Waals surface area contributed by atoms with E-state index in [1.54, 1.807) is 11.3 Å². The van der Waals surface area contributed by atoms with E-state index in [2.05, 4.69) is 22.6 Å². The van der Waals surface area contributed by atoms with Gasteiger partial charge in [0.15, 0.2) is 0 Å². The molecule has 2 rings (SSSR count). The lowest BCUT2D eigenvalue weighted by molar-refractivity contribution is 1.75. The first-order chi connectivity index (χ1) is 5.70. The number of hydrogen-bond donors (Lipinski definition) is 0. The Morgan fingerprint density at radius 2 is 2.08 bits per heavy atom. The summed E-state index contributed by atoms with van der Waals surface area (Å²) in [5.74, 6) is 0. The van der Waals surface area contributed by atoms with Crippen LogP contribution in [0.5, 0.6) is 0 Å². The summed E-state index contributed by atoms with van der Waals surface area (Å²) in [6.45, 7) is 0. The lowest BCUT2D eigenvalue weighted by Crippen LogP contribution is -1.75. The maximum Gasteiger partial charge on any atom is 0.0718 e. The molecule has 0 bridgehead atoms. The molecule has 62 valence electrons. The van der Waals surface area contributed by atoms with Crippen molar-refractivity contribution in [3.63, 3.8) is 0 Å². The second-order valence-corrected chi connectivity index (χ2v) is 5.18. The Morgan fingerprint density at radius 1 is 1.33 bits per heavy atom. The zero-order valence-electron chi connectivity index (χ0n) is 5.77. The average molecular weight is 329 g/mol. The standard InChI is InChI=1S/C8H3Cl2IS/c9-5-3-6(11)7(10)8-4(5)1-2-12-8/h1-3H. The van der Waals surface area contributed by atoms with Crippen molar-refractivity contribution in [3.8, 4) is 0 Å². The highest BCUT2D eigenvalue weighted by atomic mass is 127. The third-order valence-electron chi connectivity index (χ3n) is 1.59. The second-order valence-electron chi connectivity index (χ2n) is 2.32. The lowest BCUT2D eigenvalue weighted by Gasteiger charge is -1.99. The van der Waals surface area contributed by atoms with Gasteiger partial charge in [0.25, 0.3) is 0 Å². The predicted molar refractivity (Wildman–Crippen MR) is 64.6 cm³/mol. The van der Waals surface area contributed by atoms with Crippen LogP contribution in [0.3, 0.4) is 0 Å². The summed E-state index contributed by atoms with van der Waals surface area (Å²) in [6, 6.07) is 3.88. The molecule has 2 aromatic rings. The van der Waals surface area contributed by atoms with Crippen molar-refractivity contribution in [2.45, 2.75) is 0 Å². The van der Waals surface area contributed by atoms with Crippen molar-refractivity contribution in [1.29, 1.82) is 0 Å². The van der Waals surface area contributed by atoms with Gasteiger partial charge in [-0.05, 0) is 40.1 Å². The largest absolute Gasteiger partial charge is 0.142 e. The van der Waals surface area contributed by atoms with Gasteiger partial charge in [0.2, 0.25) is 0 Å². The minimum Gasteiger partial charge on any atom is -0.142 e. The highest BCUT2D eigenvalue weighted by molar-refractivity contribution is 14.1. The molecule has 0 atom stereocenters. The first-order valence-corrected chi connectivity index (χ1v) is 5.92. The van der Waals surface area contributed by atoms with Gasteiger partial charge in [-0.25, -0.2) is 0 Å². The van der Waals surface area contributed by atoms with E-state index in [1.807, 2.05) is 17.5 Å². The summed E-state index contributed by atoms with van der Waals surface area (Å²) in [5, 5.41) is 4.63. The van der Waals surface area contributed by atoms with Gasteiger partial charge < -0.3 is 0 Å². The maximum atomic E-state index is 6.08. The number of hydrogen-bond acceptors (Lipinski definition) is 1. The summed E-state index contributed by atoms with van der Waals surface area (Å²) < 4.78 is 2.09. The first-order valence-electron chi connectivity index (χ1n) is 3.21. The quantitative estimate of drug-likeness (QED) is 0.481. The maximum absolute atomic E-state index is 6.08. The van der Waals surface area contributed by atoms with Crippen LogP contribution in [0.4, 0.5) is 0 Å². The Bertz CT molecular complexity index is 436. The van der Waals surface area contributed by atoms with Gasteiger partial charge in [0.1, 0.15) is 0 Å². The molecule has 0 saturated carbocycles. The van der Waals surface area contributed by atoms with Gasteiger partial charge in [0.05, 0.1) is 14.7 Å². The van der Waals surface area contributed by atoms with Crippen molar-refractivity contribution >= 4 is 67.2 Å². The van der Waals surface area contributed by atoms with Gasteiger partial charge in [-0.1, -0.05) is 23.2 Å². The fourth-order valence-electron chi connectivity index (χ4n) is 1.03. The molecule has 1 aromatic carbocycles. The molecule has 0 unspecified atom stereocenters. The number of fused-ring (bicyclic) bond motifs is 1. The van der Waals surface area contributed by atoms with Crippen LogP contribution in [0.2, 0.25) is 10.0 Å². The fourth-order valence-corrected chi connectivity index (χ4v) is 3.45. The predicted octanol–water partition coefficient (Wildman–Crippen LogP) is 4.81. The third-order valence-corrected chi connectivity index (χ3v) is 4.50. The van der Waals surface area contributed by atoms with Crippen molar-refractivity contribution in [3.05, 3.63) is 31.1 Å². The summed E-state index contributed by atoms with van der Waals surface area (Å²) in [6.07, 6.45) is 0. The molecule has 0 aliphatic heterocycles. The molecule has 0 aliphatic carbocycles. The van der Waals surface area contributed by atoms with Gasteiger partial charge in [0, 0.05) is 8.96 Å². The third kappa shape index (κ3) is 1.35. The number of halogens is 3. The van der Waals surface area contributed by atoms with Crippen molar-refractivity contribution in [1.82, 2.24) is 0 Å². The van der Waals surface area contributed by atoms with Crippen molar-refractivity contribution in [2.75, 3.05) is 0 Å². The Hall–Kier alpha value is 0.490. The number of benzene rings is 1. The fraction of sp³-hybridized carbons (Fsp3) is 0. The smallest absolute Gasteiger partial charge is 0.0718 e. The van der Waals surface area contributed by atoms with Crippen LogP contribution in [0, 0.1) is 3.57 Å². The van der Waals surface area contributed by atoms with Crippen LogP contribution in [0.25, 0.3) is 10.1 Å². The molecule has 4 heteroatoms. The SMILES string of the molecule is Clc1cc(I)c(Cl)c2sccc12. The van der Waals surface area contributed by atoms with E-state index in [0.717, 1.165) is 23.7 Å². The van der Waals surface area contributed by atoms with Crippen molar-refractivity contribution < 1.29 is 0 Å². The Morgan fingerprint density at radius 3 is 2.83 bits per heavy atom. The van der Waals surface area contributed by atoms with E-state index in [9.17, 15) is 0 Å². The number of thiophene rings is 1. The van der Waals surface area contributed by atoms with Crippen LogP contribution in [-0.2, 0) is 0 Å². The molecule has 0 N–H and O–H groups in total. The van der Waals surface area contributed by atoms with Gasteiger partial charge in [-0.2, -0.15) is 0 Å². The molecule has 0 saturated heterocycles. The minimum absolute atomic E-state index is 0.778. The van der Waals surface area contributed by atoms with E-state index in [4.69, 9.17) is 23.2 Å². The monoisotopic (exact) mass is 328 g/mol. The van der Waals surface area contributed by atoms with E-state index in [-0.39, 0.29) is 0 Å². The lowest BCUT2D eigenvalue weighted by atomic mass is 10.3. The summed E-state index contributed by atoms with van der Waals surface area (Å²) >= 11 is 15.9. The normalized spacial score (nSPS) is 10.9. The van der Waals surface area contributed by atoms with Crippen molar-refractivity contribution in [2.24, 2.45) is 0 Å². The second kappa shape index (κ2) is 3.33. The van der Waals surface area contributed by atoms with Crippen LogP contribution >= 0.6 is 57.1 Å². The molecule has 0 aliphatic rings. The Balaban J connectivity index is 2.97. The topological polar surface area (TPSA) is 0 Å². The van der Waals surface area contributed by atoms with E-state index >= 15 is 0 Å². The van der Waals surface area contributed by atoms with Crippen LogP contribution in [-0.4, -0.2) is 0 Å². The molecule has 1 heterocycles. The number of rotatable bonds is 0. The zero-order chi connectivity index (χ0) is 8.72. The first kappa shape index (κ1) is 9.06. The van der Waals surface area contributed by atoms with E-state index in [1.165, 1.54) is 0 Å².